The molecule has 0 fully saturated rings. The number of hydrogen-bond donors (Lipinski definition) is 1. The van der Waals surface area contributed by atoms with E-state index in [4.69, 9.17) is 5.73 Å². The molecule has 2 N–H and O–H groups in total. The van der Waals surface area contributed by atoms with Crippen molar-refractivity contribution in [3.05, 3.63) is 72.6 Å². The SMILES string of the molecule is Nc1ccc(-c2cnn(Cc3ccccc3)c2)cc1. The summed E-state index contributed by atoms with van der Waals surface area (Å²) in [5, 5.41) is 4.40. The van der Waals surface area contributed by atoms with Crippen LogP contribution in [0.3, 0.4) is 0 Å². The number of nitrogens with zero attached hydrogens (tertiary/aromatic N) is 2. The van der Waals surface area contributed by atoms with Crippen LogP contribution in [-0.4, -0.2) is 9.78 Å². The van der Waals surface area contributed by atoms with Crippen molar-refractivity contribution in [1.29, 1.82) is 0 Å². The van der Waals surface area contributed by atoms with E-state index in [1.165, 1.54) is 5.56 Å². The van der Waals surface area contributed by atoms with E-state index in [1.807, 2.05) is 53.3 Å². The van der Waals surface area contributed by atoms with Gasteiger partial charge in [0.1, 0.15) is 0 Å². The maximum absolute atomic E-state index is 5.69. The topological polar surface area (TPSA) is 43.8 Å². The number of benzene rings is 2. The predicted molar refractivity (Wildman–Crippen MR) is 77.6 cm³/mol. The Kier molecular flexibility index (Phi) is 3.02. The van der Waals surface area contributed by atoms with Crippen molar-refractivity contribution in [2.24, 2.45) is 0 Å². The van der Waals surface area contributed by atoms with Crippen molar-refractivity contribution in [1.82, 2.24) is 9.78 Å². The van der Waals surface area contributed by atoms with Crippen LogP contribution < -0.4 is 5.73 Å². The number of rotatable bonds is 3. The molecule has 94 valence electrons. The maximum Gasteiger partial charge on any atom is 0.0659 e. The van der Waals surface area contributed by atoms with Crippen LogP contribution in [0.25, 0.3) is 11.1 Å². The van der Waals surface area contributed by atoms with Crippen LogP contribution in [0.2, 0.25) is 0 Å². The highest BCUT2D eigenvalue weighted by atomic mass is 15.3. The van der Waals surface area contributed by atoms with Gasteiger partial charge in [0, 0.05) is 17.4 Å². The van der Waals surface area contributed by atoms with E-state index >= 15 is 0 Å². The van der Waals surface area contributed by atoms with Gasteiger partial charge >= 0.3 is 0 Å². The van der Waals surface area contributed by atoms with Crippen molar-refractivity contribution in [3.63, 3.8) is 0 Å². The van der Waals surface area contributed by atoms with Gasteiger partial charge < -0.3 is 5.73 Å². The van der Waals surface area contributed by atoms with Gasteiger partial charge in [0.2, 0.25) is 0 Å². The Balaban J connectivity index is 1.82. The molecule has 0 atom stereocenters. The summed E-state index contributed by atoms with van der Waals surface area (Å²) in [5.74, 6) is 0. The smallest absolute Gasteiger partial charge is 0.0659 e. The Hall–Kier alpha value is -2.55. The molecule has 0 radical (unpaired) electrons. The Morgan fingerprint density at radius 3 is 2.37 bits per heavy atom. The predicted octanol–water partition coefficient (Wildman–Crippen LogP) is 3.18. The lowest BCUT2D eigenvalue weighted by Gasteiger charge is -2.01. The van der Waals surface area contributed by atoms with Gasteiger partial charge in [-0.3, -0.25) is 4.68 Å². The largest absolute Gasteiger partial charge is 0.399 e. The van der Waals surface area contributed by atoms with Gasteiger partial charge in [0.15, 0.2) is 0 Å². The third-order valence-corrected chi connectivity index (χ3v) is 3.06. The minimum absolute atomic E-state index is 0.778. The van der Waals surface area contributed by atoms with Crippen LogP contribution in [0.5, 0.6) is 0 Å². The fourth-order valence-corrected chi connectivity index (χ4v) is 2.05. The van der Waals surface area contributed by atoms with Crippen LogP contribution >= 0.6 is 0 Å². The zero-order valence-corrected chi connectivity index (χ0v) is 10.5. The monoisotopic (exact) mass is 249 g/mol. The van der Waals surface area contributed by atoms with Crippen LogP contribution in [0, 0.1) is 0 Å². The van der Waals surface area contributed by atoms with Gasteiger partial charge in [0.25, 0.3) is 0 Å². The number of nitrogens with two attached hydrogens (primary N) is 1. The first kappa shape index (κ1) is 11.5. The average molecular weight is 249 g/mol. The van der Waals surface area contributed by atoms with E-state index in [1.54, 1.807) is 0 Å². The lowest BCUT2D eigenvalue weighted by molar-refractivity contribution is 0.687. The summed E-state index contributed by atoms with van der Waals surface area (Å²) in [6.45, 7) is 0.788. The molecule has 3 nitrogen and oxygen atoms in total. The number of anilines is 1. The van der Waals surface area contributed by atoms with Crippen molar-refractivity contribution < 1.29 is 0 Å². The van der Waals surface area contributed by atoms with Crippen molar-refractivity contribution >= 4 is 5.69 Å². The number of nitrogen functional groups attached to an aromatic ring is 1. The van der Waals surface area contributed by atoms with Crippen molar-refractivity contribution in [2.45, 2.75) is 6.54 Å². The molecule has 0 amide bonds. The molecule has 1 heterocycles. The number of aromatic nitrogens is 2. The summed E-state index contributed by atoms with van der Waals surface area (Å²) < 4.78 is 1.95. The first-order chi connectivity index (χ1) is 9.31. The molecule has 0 aliphatic heterocycles. The molecule has 19 heavy (non-hydrogen) atoms. The summed E-state index contributed by atoms with van der Waals surface area (Å²) in [6.07, 6.45) is 3.94. The highest BCUT2D eigenvalue weighted by Crippen LogP contribution is 2.20. The standard InChI is InChI=1S/C16H15N3/c17-16-8-6-14(7-9-16)15-10-18-19(12-15)11-13-4-2-1-3-5-13/h1-10,12H,11,17H2. The van der Waals surface area contributed by atoms with Gasteiger partial charge in [-0.15, -0.1) is 0 Å². The third-order valence-electron chi connectivity index (χ3n) is 3.06. The van der Waals surface area contributed by atoms with Crippen molar-refractivity contribution in [3.8, 4) is 11.1 Å². The summed E-state index contributed by atoms with van der Waals surface area (Å²) in [4.78, 5) is 0. The molecule has 0 aliphatic carbocycles. The zero-order chi connectivity index (χ0) is 13.1. The van der Waals surface area contributed by atoms with Gasteiger partial charge in [-0.2, -0.15) is 5.10 Å². The minimum Gasteiger partial charge on any atom is -0.399 e. The molecule has 1 aromatic heterocycles. The molecule has 0 aliphatic rings. The quantitative estimate of drug-likeness (QED) is 0.724. The fourth-order valence-electron chi connectivity index (χ4n) is 2.05. The summed E-state index contributed by atoms with van der Waals surface area (Å²) >= 11 is 0. The van der Waals surface area contributed by atoms with Gasteiger partial charge in [0.05, 0.1) is 12.7 Å². The summed E-state index contributed by atoms with van der Waals surface area (Å²) in [6, 6.07) is 18.1. The second kappa shape index (κ2) is 4.98. The Bertz CT molecular complexity index is 654. The zero-order valence-electron chi connectivity index (χ0n) is 10.5. The van der Waals surface area contributed by atoms with Crippen LogP contribution in [0.15, 0.2) is 67.0 Å². The lowest BCUT2D eigenvalue weighted by atomic mass is 10.1. The van der Waals surface area contributed by atoms with Gasteiger partial charge in [-0.05, 0) is 23.3 Å². The molecule has 3 heteroatoms. The molecule has 0 saturated carbocycles. The minimum atomic E-state index is 0.778. The average Bonchev–Trinajstić information content (AvgIpc) is 2.89. The Morgan fingerprint density at radius 1 is 0.895 bits per heavy atom. The molecular formula is C16H15N3. The normalized spacial score (nSPS) is 10.5. The maximum atomic E-state index is 5.69. The molecule has 0 spiro atoms. The van der Waals surface area contributed by atoms with E-state index < -0.39 is 0 Å². The second-order valence-electron chi connectivity index (χ2n) is 4.53. The molecule has 2 aromatic carbocycles. The molecule has 0 unspecified atom stereocenters. The van der Waals surface area contributed by atoms with Crippen molar-refractivity contribution in [2.75, 3.05) is 5.73 Å². The highest BCUT2D eigenvalue weighted by Gasteiger charge is 2.02. The second-order valence-corrected chi connectivity index (χ2v) is 4.53. The van der Waals surface area contributed by atoms with Crippen LogP contribution in [-0.2, 0) is 6.54 Å². The summed E-state index contributed by atoms with van der Waals surface area (Å²) in [5.41, 5.74) is 9.95. The molecule has 0 bridgehead atoms. The summed E-state index contributed by atoms with van der Waals surface area (Å²) in [7, 11) is 0. The van der Waals surface area contributed by atoms with Gasteiger partial charge in [-0.1, -0.05) is 42.5 Å². The molecular weight excluding hydrogens is 234 g/mol. The fraction of sp³-hybridized carbons (Fsp3) is 0.0625. The van der Waals surface area contributed by atoms with E-state index in [9.17, 15) is 0 Å². The molecule has 3 rings (SSSR count). The molecule has 0 saturated heterocycles. The van der Waals surface area contributed by atoms with E-state index in [-0.39, 0.29) is 0 Å². The first-order valence-electron chi connectivity index (χ1n) is 6.23. The van der Waals surface area contributed by atoms with Crippen LogP contribution in [0.1, 0.15) is 5.56 Å². The van der Waals surface area contributed by atoms with E-state index in [0.717, 1.165) is 23.4 Å². The molecule has 3 aromatic rings. The highest BCUT2D eigenvalue weighted by molar-refractivity contribution is 5.63. The number of hydrogen-bond acceptors (Lipinski definition) is 2. The Labute approximate surface area is 112 Å². The van der Waals surface area contributed by atoms with Crippen LogP contribution in [0.4, 0.5) is 5.69 Å². The lowest BCUT2D eigenvalue weighted by Crippen LogP contribution is -1.99. The van der Waals surface area contributed by atoms with Gasteiger partial charge in [-0.25, -0.2) is 0 Å². The first-order valence-corrected chi connectivity index (χ1v) is 6.23. The Morgan fingerprint density at radius 2 is 1.63 bits per heavy atom. The van der Waals surface area contributed by atoms with E-state index in [0.29, 0.717) is 0 Å². The van der Waals surface area contributed by atoms with E-state index in [2.05, 4.69) is 23.4 Å². The third kappa shape index (κ3) is 2.65.